The molecule has 3 aromatic rings. The summed E-state index contributed by atoms with van der Waals surface area (Å²) in [6.07, 6.45) is -4.54. The van der Waals surface area contributed by atoms with Crippen molar-refractivity contribution < 1.29 is 35.0 Å². The van der Waals surface area contributed by atoms with Gasteiger partial charge in [-0.05, 0) is 99.0 Å². The molecule has 48 heavy (non-hydrogen) atoms. The van der Waals surface area contributed by atoms with Crippen molar-refractivity contribution in [3.63, 3.8) is 0 Å². The van der Waals surface area contributed by atoms with Crippen LogP contribution in [0.15, 0.2) is 24.3 Å². The molecule has 1 saturated heterocycles. The van der Waals surface area contributed by atoms with Crippen molar-refractivity contribution >= 4 is 33.2 Å². The van der Waals surface area contributed by atoms with Gasteiger partial charge in [0.25, 0.3) is 0 Å². The Labute approximate surface area is 280 Å². The molecule has 6 heterocycles. The summed E-state index contributed by atoms with van der Waals surface area (Å²) in [6.45, 7) is 12.2. The summed E-state index contributed by atoms with van der Waals surface area (Å²) >= 11 is 0. The number of aromatic nitrogens is 4. The van der Waals surface area contributed by atoms with Gasteiger partial charge < -0.3 is 45.0 Å². The summed E-state index contributed by atoms with van der Waals surface area (Å²) in [5, 5.41) is 50.6. The van der Waals surface area contributed by atoms with Crippen molar-refractivity contribution in [3.05, 3.63) is 69.3 Å². The highest BCUT2D eigenvalue weighted by molar-refractivity contribution is 5.92. The number of rotatable bonds is 8. The van der Waals surface area contributed by atoms with Gasteiger partial charge in [-0.1, -0.05) is 13.8 Å². The topological polar surface area (TPSA) is 177 Å². The van der Waals surface area contributed by atoms with E-state index >= 15 is 0 Å². The number of hydrogen-bond acceptors (Lipinski definition) is 9. The molecule has 3 aliphatic heterocycles. The Kier molecular flexibility index (Phi) is 9.93. The van der Waals surface area contributed by atoms with Gasteiger partial charge >= 0.3 is 0 Å². The van der Waals surface area contributed by atoms with Crippen molar-refractivity contribution in [2.75, 3.05) is 19.8 Å². The van der Waals surface area contributed by atoms with Crippen LogP contribution in [-0.4, -0.2) is 96.0 Å². The maximum atomic E-state index is 10.6. The SMILES string of the molecule is CCc1c(C)c2cc3nc(cc4nc(c(C)c5cc(C)c(cc1[nH]2)[nH]5)[C@@H](CCCO)[C@@H]4C)C(C)=C3CO[C@@H]1O[C@H](CO)[C@@H](O)[C@H](O)[C@H]1O. The average Bonchev–Trinajstić information content (AvgIpc) is 3.77. The number of fused-ring (bicyclic) bond motifs is 8. The van der Waals surface area contributed by atoms with E-state index in [1.165, 1.54) is 5.56 Å². The zero-order chi connectivity index (χ0) is 34.4. The predicted octanol–water partition coefficient (Wildman–Crippen LogP) is 4.21. The van der Waals surface area contributed by atoms with Crippen molar-refractivity contribution in [1.82, 2.24) is 19.9 Å². The molecule has 0 radical (unpaired) electrons. The summed E-state index contributed by atoms with van der Waals surface area (Å²) in [4.78, 5) is 17.6. The first-order valence-corrected chi connectivity index (χ1v) is 16.9. The number of aliphatic hydroxyl groups is 5. The number of nitrogens with one attached hydrogen (secondary N) is 2. The van der Waals surface area contributed by atoms with Gasteiger partial charge in [-0.2, -0.15) is 0 Å². The predicted molar refractivity (Wildman–Crippen MR) is 184 cm³/mol. The first kappa shape index (κ1) is 34.4. The first-order valence-electron chi connectivity index (χ1n) is 16.9. The lowest BCUT2D eigenvalue weighted by Crippen LogP contribution is -2.59. The highest BCUT2D eigenvalue weighted by Gasteiger charge is 2.44. The van der Waals surface area contributed by atoms with Crippen LogP contribution >= 0.6 is 0 Å². The largest absolute Gasteiger partial charge is 0.396 e. The van der Waals surface area contributed by atoms with Crippen molar-refractivity contribution in [2.24, 2.45) is 0 Å². The van der Waals surface area contributed by atoms with E-state index in [1.807, 2.05) is 19.1 Å². The molecule has 0 unspecified atom stereocenters. The van der Waals surface area contributed by atoms with E-state index in [4.69, 9.17) is 19.4 Å². The Morgan fingerprint density at radius 3 is 2.27 bits per heavy atom. The minimum absolute atomic E-state index is 0.00383. The van der Waals surface area contributed by atoms with Crippen LogP contribution in [0, 0.1) is 20.8 Å². The number of aryl methyl sites for hydroxylation is 4. The smallest absolute Gasteiger partial charge is 0.187 e. The number of aliphatic hydroxyl groups excluding tert-OH is 5. The average molecular weight is 661 g/mol. The van der Waals surface area contributed by atoms with Crippen LogP contribution in [0.1, 0.15) is 90.5 Å². The summed E-state index contributed by atoms with van der Waals surface area (Å²) in [5.41, 5.74) is 13.5. The molecule has 3 aliphatic rings. The van der Waals surface area contributed by atoms with Crippen LogP contribution < -0.4 is 0 Å². The second-order valence-electron chi connectivity index (χ2n) is 13.4. The minimum Gasteiger partial charge on any atom is -0.396 e. The van der Waals surface area contributed by atoms with Crippen LogP contribution in [0.2, 0.25) is 0 Å². The first-order chi connectivity index (χ1) is 23.0. The van der Waals surface area contributed by atoms with Gasteiger partial charge in [0.05, 0.1) is 24.6 Å². The molecule has 258 valence electrons. The Hall–Kier alpha value is -3.42. The van der Waals surface area contributed by atoms with Crippen molar-refractivity contribution in [3.8, 4) is 0 Å². The van der Waals surface area contributed by atoms with E-state index in [-0.39, 0.29) is 25.0 Å². The van der Waals surface area contributed by atoms with Gasteiger partial charge in [-0.25, -0.2) is 4.98 Å². The van der Waals surface area contributed by atoms with E-state index in [1.54, 1.807) is 0 Å². The van der Waals surface area contributed by atoms with E-state index in [9.17, 15) is 25.5 Å². The van der Waals surface area contributed by atoms with E-state index in [0.29, 0.717) is 12.1 Å². The standard InChI is InChI=1S/C37H48N4O7/c1-7-22-18(3)28-14-31-24(16-47-37-36(46)35(45)34(44)32(15-43)48-37)20(5)27(40-31)13-29-19(4)23(9-8-10-42)33(41-29)21(6)26-11-17(2)25(38-26)12-30(22)39-28/h11-14,19,23,32,34-39,42-46H,7-10,15-16H2,1-6H3/t19-,23-,32+,34+,35-,36+,37+/m0/s1. The zero-order valence-electron chi connectivity index (χ0n) is 28.5. The fraction of sp³-hybridized carbons (Fsp3) is 0.514. The third-order valence-corrected chi connectivity index (χ3v) is 10.5. The summed E-state index contributed by atoms with van der Waals surface area (Å²) in [6, 6.07) is 8.39. The summed E-state index contributed by atoms with van der Waals surface area (Å²) in [7, 11) is 0. The third kappa shape index (κ3) is 6.13. The summed E-state index contributed by atoms with van der Waals surface area (Å²) in [5.74, 6) is 0.224. The molecular formula is C37H48N4O7. The molecule has 11 nitrogen and oxygen atoms in total. The zero-order valence-corrected chi connectivity index (χ0v) is 28.5. The molecule has 0 aliphatic carbocycles. The second-order valence-corrected chi connectivity index (χ2v) is 13.4. The molecule has 11 heteroatoms. The van der Waals surface area contributed by atoms with Crippen LogP contribution in [0.3, 0.4) is 0 Å². The van der Waals surface area contributed by atoms with E-state index < -0.39 is 37.3 Å². The molecule has 8 bridgehead atoms. The normalized spacial score (nSPS) is 26.0. The molecule has 0 saturated carbocycles. The molecule has 3 aromatic heterocycles. The molecule has 6 rings (SSSR count). The fourth-order valence-electron chi connectivity index (χ4n) is 7.32. The lowest BCUT2D eigenvalue weighted by molar-refractivity contribution is -0.297. The van der Waals surface area contributed by atoms with Gasteiger partial charge in [0.2, 0.25) is 0 Å². The number of H-pyrrole nitrogens is 2. The van der Waals surface area contributed by atoms with Crippen LogP contribution in [0.25, 0.3) is 33.2 Å². The van der Waals surface area contributed by atoms with Crippen molar-refractivity contribution in [1.29, 1.82) is 0 Å². The minimum atomic E-state index is -1.54. The van der Waals surface area contributed by atoms with E-state index in [2.05, 4.69) is 56.7 Å². The van der Waals surface area contributed by atoms with Gasteiger partial charge in [0.1, 0.15) is 24.4 Å². The maximum Gasteiger partial charge on any atom is 0.187 e. The van der Waals surface area contributed by atoms with Gasteiger partial charge in [0, 0.05) is 57.5 Å². The van der Waals surface area contributed by atoms with Gasteiger partial charge in [-0.15, -0.1) is 0 Å². The fourth-order valence-corrected chi connectivity index (χ4v) is 7.32. The Bertz CT molecular complexity index is 1880. The van der Waals surface area contributed by atoms with Gasteiger partial charge in [-0.3, -0.25) is 4.98 Å². The highest BCUT2D eigenvalue weighted by Crippen LogP contribution is 2.42. The Morgan fingerprint density at radius 1 is 0.833 bits per heavy atom. The lowest BCUT2D eigenvalue weighted by atomic mass is 9.86. The number of aromatic amines is 2. The maximum absolute atomic E-state index is 10.6. The van der Waals surface area contributed by atoms with Crippen LogP contribution in [0.5, 0.6) is 0 Å². The van der Waals surface area contributed by atoms with Crippen LogP contribution in [-0.2, 0) is 15.9 Å². The van der Waals surface area contributed by atoms with Crippen molar-refractivity contribution in [2.45, 2.75) is 103 Å². The lowest BCUT2D eigenvalue weighted by Gasteiger charge is -2.39. The van der Waals surface area contributed by atoms with E-state index in [0.717, 1.165) is 79.8 Å². The molecule has 0 amide bonds. The highest BCUT2D eigenvalue weighted by atomic mass is 16.7. The third-order valence-electron chi connectivity index (χ3n) is 10.5. The number of ether oxygens (including phenoxy) is 2. The monoisotopic (exact) mass is 660 g/mol. The molecule has 7 N–H and O–H groups in total. The van der Waals surface area contributed by atoms with Crippen LogP contribution in [0.4, 0.5) is 0 Å². The molecular weight excluding hydrogens is 612 g/mol. The molecule has 7 atom stereocenters. The van der Waals surface area contributed by atoms with Gasteiger partial charge in [0.15, 0.2) is 6.29 Å². The Balaban J connectivity index is 1.55. The summed E-state index contributed by atoms with van der Waals surface area (Å²) < 4.78 is 11.7. The number of nitrogens with zero attached hydrogens (tertiary/aromatic N) is 2. The Morgan fingerprint density at radius 2 is 1.56 bits per heavy atom. The quantitative estimate of drug-likeness (QED) is 0.187. The molecule has 0 spiro atoms. The second kappa shape index (κ2) is 13.8. The molecule has 0 aromatic carbocycles. The molecule has 1 fully saturated rings. The number of hydrogen-bond donors (Lipinski definition) is 7. The number of allylic oxidation sites excluding steroid dienone is 1.